The molecule has 106 valence electrons. The van der Waals surface area contributed by atoms with Gasteiger partial charge in [-0.25, -0.2) is 0 Å². The zero-order valence-corrected chi connectivity index (χ0v) is 13.0. The van der Waals surface area contributed by atoms with Crippen LogP contribution in [-0.4, -0.2) is 25.8 Å². The van der Waals surface area contributed by atoms with Crippen LogP contribution in [0.25, 0.3) is 0 Å². The first kappa shape index (κ1) is 15.1. The Kier molecular flexibility index (Phi) is 5.52. The van der Waals surface area contributed by atoms with Gasteiger partial charge in [0.05, 0.1) is 6.10 Å². The molecule has 1 aliphatic carbocycles. The first-order valence-corrected chi connectivity index (χ1v) is 7.62. The molecule has 2 atom stereocenters. The highest BCUT2D eigenvalue weighted by molar-refractivity contribution is 6.36. The van der Waals surface area contributed by atoms with Gasteiger partial charge in [-0.2, -0.15) is 0 Å². The molecule has 4 heteroatoms. The van der Waals surface area contributed by atoms with Gasteiger partial charge < -0.3 is 10.1 Å². The van der Waals surface area contributed by atoms with Crippen molar-refractivity contribution in [2.24, 2.45) is 5.92 Å². The number of benzene rings is 1. The van der Waals surface area contributed by atoms with Crippen molar-refractivity contribution in [1.29, 1.82) is 0 Å². The summed E-state index contributed by atoms with van der Waals surface area (Å²) in [5.41, 5.74) is 1.01. The van der Waals surface area contributed by atoms with Gasteiger partial charge in [0.15, 0.2) is 0 Å². The molecule has 0 aromatic heterocycles. The molecule has 1 saturated carbocycles. The molecule has 2 rings (SSSR count). The summed E-state index contributed by atoms with van der Waals surface area (Å²) in [6.45, 7) is 3.03. The highest BCUT2D eigenvalue weighted by Crippen LogP contribution is 2.37. The molecule has 0 bridgehead atoms. The monoisotopic (exact) mass is 301 g/mol. The van der Waals surface area contributed by atoms with E-state index in [2.05, 4.69) is 12.2 Å². The van der Waals surface area contributed by atoms with Gasteiger partial charge in [0.1, 0.15) is 0 Å². The lowest BCUT2D eigenvalue weighted by molar-refractivity contribution is 0.0516. The van der Waals surface area contributed by atoms with Gasteiger partial charge in [0.2, 0.25) is 0 Å². The van der Waals surface area contributed by atoms with E-state index >= 15 is 0 Å². The number of ether oxygens (including phenoxy) is 1. The number of hydrogen-bond donors (Lipinski definition) is 1. The Balaban J connectivity index is 2.15. The number of rotatable bonds is 7. The molecular weight excluding hydrogens is 281 g/mol. The van der Waals surface area contributed by atoms with E-state index in [4.69, 9.17) is 27.9 Å². The van der Waals surface area contributed by atoms with Crippen LogP contribution in [0.5, 0.6) is 0 Å². The molecule has 19 heavy (non-hydrogen) atoms. The fourth-order valence-corrected chi connectivity index (χ4v) is 3.18. The Labute approximate surface area is 125 Å². The number of hydrogen-bond acceptors (Lipinski definition) is 2. The Bertz CT molecular complexity index is 400. The van der Waals surface area contributed by atoms with E-state index in [0.717, 1.165) is 28.6 Å². The Morgan fingerprint density at radius 1 is 1.32 bits per heavy atom. The highest BCUT2D eigenvalue weighted by Gasteiger charge is 2.36. The fraction of sp³-hybridized carbons (Fsp3) is 0.600. The molecular formula is C15H21Cl2NO. The van der Waals surface area contributed by atoms with E-state index in [9.17, 15) is 0 Å². The minimum absolute atomic E-state index is 0.243. The maximum atomic E-state index is 6.26. The largest absolute Gasteiger partial charge is 0.380 e. The van der Waals surface area contributed by atoms with E-state index < -0.39 is 0 Å². The van der Waals surface area contributed by atoms with Crippen LogP contribution < -0.4 is 5.32 Å². The summed E-state index contributed by atoms with van der Waals surface area (Å²) in [6.07, 6.45) is 3.57. The van der Waals surface area contributed by atoms with Crippen molar-refractivity contribution in [3.8, 4) is 0 Å². The highest BCUT2D eigenvalue weighted by atomic mass is 35.5. The number of likely N-dealkylation sites (N-methyl/N-ethyl adjacent to an activating group) is 1. The van der Waals surface area contributed by atoms with Crippen molar-refractivity contribution in [1.82, 2.24) is 5.32 Å². The van der Waals surface area contributed by atoms with Crippen molar-refractivity contribution >= 4 is 23.2 Å². The van der Waals surface area contributed by atoms with E-state index in [1.807, 2.05) is 18.2 Å². The minimum atomic E-state index is 0.243. The van der Waals surface area contributed by atoms with Gasteiger partial charge in [-0.1, -0.05) is 36.2 Å². The quantitative estimate of drug-likeness (QED) is 0.824. The summed E-state index contributed by atoms with van der Waals surface area (Å²) < 4.78 is 5.69. The van der Waals surface area contributed by atoms with Crippen molar-refractivity contribution in [3.63, 3.8) is 0 Å². The molecule has 0 aliphatic heterocycles. The maximum Gasteiger partial charge on any atom is 0.0755 e. The average molecular weight is 302 g/mol. The van der Waals surface area contributed by atoms with E-state index in [-0.39, 0.29) is 12.1 Å². The van der Waals surface area contributed by atoms with E-state index in [0.29, 0.717) is 5.92 Å². The van der Waals surface area contributed by atoms with Gasteiger partial charge >= 0.3 is 0 Å². The SMILES string of the molecule is CCNC(Cc1c(Cl)cccc1Cl)C(OC)C1CC1. The molecule has 0 saturated heterocycles. The third-order valence-electron chi connectivity index (χ3n) is 3.71. The molecule has 1 aromatic carbocycles. The second-order valence-corrected chi connectivity index (χ2v) is 5.92. The predicted molar refractivity (Wildman–Crippen MR) is 81.2 cm³/mol. The molecule has 0 heterocycles. The minimum Gasteiger partial charge on any atom is -0.380 e. The molecule has 1 N–H and O–H groups in total. The first-order chi connectivity index (χ1) is 9.17. The van der Waals surface area contributed by atoms with Crippen LogP contribution in [0, 0.1) is 5.92 Å². The Morgan fingerprint density at radius 2 is 1.95 bits per heavy atom. The van der Waals surface area contributed by atoms with Gasteiger partial charge in [0, 0.05) is 23.2 Å². The van der Waals surface area contributed by atoms with Gasteiger partial charge in [-0.05, 0) is 49.4 Å². The summed E-state index contributed by atoms with van der Waals surface area (Å²) in [5, 5.41) is 4.99. The van der Waals surface area contributed by atoms with Crippen LogP contribution in [0.2, 0.25) is 10.0 Å². The molecule has 0 radical (unpaired) electrons. The zero-order valence-electron chi connectivity index (χ0n) is 11.5. The van der Waals surface area contributed by atoms with Crippen LogP contribution in [-0.2, 0) is 11.2 Å². The fourth-order valence-electron chi connectivity index (χ4n) is 2.62. The van der Waals surface area contributed by atoms with Crippen molar-refractivity contribution in [2.75, 3.05) is 13.7 Å². The summed E-state index contributed by atoms with van der Waals surface area (Å²) in [5.74, 6) is 0.676. The third kappa shape index (κ3) is 3.85. The van der Waals surface area contributed by atoms with Crippen LogP contribution in [0.15, 0.2) is 18.2 Å². The normalized spacial score (nSPS) is 18.3. The summed E-state index contributed by atoms with van der Waals surface area (Å²) in [7, 11) is 1.79. The van der Waals surface area contributed by atoms with Crippen molar-refractivity contribution in [3.05, 3.63) is 33.8 Å². The lowest BCUT2D eigenvalue weighted by atomic mass is 9.98. The molecule has 0 amide bonds. The summed E-state index contributed by atoms with van der Waals surface area (Å²) in [4.78, 5) is 0. The lowest BCUT2D eigenvalue weighted by Gasteiger charge is -2.27. The second-order valence-electron chi connectivity index (χ2n) is 5.11. The number of halogens is 2. The molecule has 1 aliphatic rings. The van der Waals surface area contributed by atoms with Crippen LogP contribution in [0.3, 0.4) is 0 Å². The van der Waals surface area contributed by atoms with Gasteiger partial charge in [-0.15, -0.1) is 0 Å². The molecule has 0 spiro atoms. The van der Waals surface area contributed by atoms with E-state index in [1.54, 1.807) is 7.11 Å². The first-order valence-electron chi connectivity index (χ1n) is 6.86. The van der Waals surface area contributed by atoms with Gasteiger partial charge in [0.25, 0.3) is 0 Å². The molecule has 1 fully saturated rings. The van der Waals surface area contributed by atoms with Crippen LogP contribution in [0.1, 0.15) is 25.3 Å². The smallest absolute Gasteiger partial charge is 0.0755 e. The number of methoxy groups -OCH3 is 1. The van der Waals surface area contributed by atoms with Crippen LogP contribution in [0.4, 0.5) is 0 Å². The Morgan fingerprint density at radius 3 is 2.42 bits per heavy atom. The topological polar surface area (TPSA) is 21.3 Å². The standard InChI is InChI=1S/C15H21Cl2NO/c1-3-18-14(15(19-2)10-7-8-10)9-11-12(16)5-4-6-13(11)17/h4-6,10,14-15,18H,3,7-9H2,1-2H3. The number of nitrogens with one attached hydrogen (secondary N) is 1. The summed E-state index contributed by atoms with van der Waals surface area (Å²) >= 11 is 12.5. The predicted octanol–water partition coefficient (Wildman–Crippen LogP) is 3.94. The lowest BCUT2D eigenvalue weighted by Crippen LogP contribution is -2.43. The van der Waals surface area contributed by atoms with Gasteiger partial charge in [-0.3, -0.25) is 0 Å². The Hall–Kier alpha value is -0.280. The molecule has 1 aromatic rings. The summed E-state index contributed by atoms with van der Waals surface area (Å²) in [6, 6.07) is 5.93. The molecule has 2 unspecified atom stereocenters. The van der Waals surface area contributed by atoms with Crippen molar-refractivity contribution < 1.29 is 4.74 Å². The third-order valence-corrected chi connectivity index (χ3v) is 4.42. The van der Waals surface area contributed by atoms with Crippen molar-refractivity contribution in [2.45, 2.75) is 38.3 Å². The van der Waals surface area contributed by atoms with Crippen LogP contribution >= 0.6 is 23.2 Å². The zero-order chi connectivity index (χ0) is 13.8. The maximum absolute atomic E-state index is 6.26. The molecule has 2 nitrogen and oxygen atoms in total. The second kappa shape index (κ2) is 6.94. The van der Waals surface area contributed by atoms with E-state index in [1.165, 1.54) is 12.8 Å². The average Bonchev–Trinajstić information content (AvgIpc) is 3.19.